The van der Waals surface area contributed by atoms with Gasteiger partial charge in [-0.2, -0.15) is 13.2 Å². The minimum atomic E-state index is -4.57. The lowest BCUT2D eigenvalue weighted by Gasteiger charge is -2.14. The molecule has 0 bridgehead atoms. The third-order valence-corrected chi connectivity index (χ3v) is 3.97. The lowest BCUT2D eigenvalue weighted by Crippen LogP contribution is -2.16. The monoisotopic (exact) mass is 354 g/mol. The van der Waals surface area contributed by atoms with E-state index in [4.69, 9.17) is 11.6 Å². The van der Waals surface area contributed by atoms with Crippen LogP contribution in [0.25, 0.3) is 22.2 Å². The number of rotatable bonds is 1. The molecule has 124 valence electrons. The molecule has 24 heavy (non-hydrogen) atoms. The molecule has 0 aliphatic carbocycles. The van der Waals surface area contributed by atoms with Gasteiger partial charge in [0.2, 0.25) is 0 Å². The highest BCUT2D eigenvalue weighted by atomic mass is 35.5. The van der Waals surface area contributed by atoms with Gasteiger partial charge in [0.1, 0.15) is 5.39 Å². The first-order valence-corrected chi connectivity index (χ1v) is 7.18. The van der Waals surface area contributed by atoms with E-state index < -0.39 is 27.8 Å². The molecule has 0 aliphatic heterocycles. The van der Waals surface area contributed by atoms with Crippen LogP contribution in [0.2, 0.25) is 5.02 Å². The summed E-state index contributed by atoms with van der Waals surface area (Å²) in [6.45, 7) is 1.49. The average molecular weight is 355 g/mol. The maximum Gasteiger partial charge on any atom is 0.417 e. The number of aromatic amines is 2. The van der Waals surface area contributed by atoms with E-state index in [2.05, 4.69) is 9.97 Å². The second-order valence-electron chi connectivity index (χ2n) is 5.29. The van der Waals surface area contributed by atoms with Crippen molar-refractivity contribution in [3.8, 4) is 11.3 Å². The van der Waals surface area contributed by atoms with E-state index in [9.17, 15) is 22.8 Å². The molecule has 0 amide bonds. The van der Waals surface area contributed by atoms with Crippen molar-refractivity contribution in [3.05, 3.63) is 67.2 Å². The number of aryl methyl sites for hydroxylation is 1. The van der Waals surface area contributed by atoms with Crippen molar-refractivity contribution in [3.63, 3.8) is 0 Å². The molecule has 2 aromatic heterocycles. The third kappa shape index (κ3) is 2.71. The normalized spacial score (nSPS) is 11.9. The summed E-state index contributed by atoms with van der Waals surface area (Å²) in [4.78, 5) is 29.2. The highest BCUT2D eigenvalue weighted by molar-refractivity contribution is 6.31. The lowest BCUT2D eigenvalue weighted by molar-refractivity contribution is -0.137. The Bertz CT molecular complexity index is 1070. The molecule has 0 atom stereocenters. The Hall–Kier alpha value is -2.54. The predicted octanol–water partition coefficient (Wildman–Crippen LogP) is 3.86. The van der Waals surface area contributed by atoms with Crippen LogP contribution in [0.3, 0.4) is 0 Å². The largest absolute Gasteiger partial charge is 0.417 e. The van der Waals surface area contributed by atoms with Gasteiger partial charge in [0, 0.05) is 17.8 Å². The third-order valence-electron chi connectivity index (χ3n) is 3.66. The molecule has 0 aliphatic rings. The molecule has 1 aromatic carbocycles. The molecule has 0 saturated heterocycles. The standard InChI is InChI=1S/C16H10ClF3N2O2/c1-7-4-9(16(18,19)20)10(17)5-8(7)12-6-13(23)14-11(22-12)2-3-21-15(14)24/h2-6H,1H3,(H,21,24)(H,22,23). The number of aromatic nitrogens is 2. The Kier molecular flexibility index (Phi) is 3.76. The van der Waals surface area contributed by atoms with Gasteiger partial charge in [-0.15, -0.1) is 0 Å². The van der Waals surface area contributed by atoms with Crippen molar-refractivity contribution in [1.29, 1.82) is 0 Å². The summed E-state index contributed by atoms with van der Waals surface area (Å²) in [5, 5.41) is -0.508. The number of nitrogens with one attached hydrogen (secondary N) is 2. The van der Waals surface area contributed by atoms with Crippen LogP contribution in [0.15, 0.2) is 40.1 Å². The molecule has 0 spiro atoms. The molecule has 0 unspecified atom stereocenters. The van der Waals surface area contributed by atoms with Crippen molar-refractivity contribution in [2.45, 2.75) is 13.1 Å². The Morgan fingerprint density at radius 2 is 1.83 bits per heavy atom. The van der Waals surface area contributed by atoms with Gasteiger partial charge >= 0.3 is 6.18 Å². The Morgan fingerprint density at radius 3 is 2.50 bits per heavy atom. The Labute approximate surface area is 137 Å². The zero-order valence-electron chi connectivity index (χ0n) is 12.2. The summed E-state index contributed by atoms with van der Waals surface area (Å²) in [5.41, 5.74) is -0.787. The fraction of sp³-hybridized carbons (Fsp3) is 0.125. The SMILES string of the molecule is Cc1cc(C(F)(F)F)c(Cl)cc1-c1cc(=O)c2c(=O)[nH]ccc2[nH]1. The fourth-order valence-electron chi connectivity index (χ4n) is 2.55. The molecule has 3 aromatic rings. The second kappa shape index (κ2) is 5.52. The molecule has 8 heteroatoms. The van der Waals surface area contributed by atoms with E-state index in [-0.39, 0.29) is 16.6 Å². The van der Waals surface area contributed by atoms with E-state index in [1.807, 2.05) is 0 Å². The van der Waals surface area contributed by atoms with Gasteiger partial charge < -0.3 is 9.97 Å². The topological polar surface area (TPSA) is 65.7 Å². The first-order valence-electron chi connectivity index (χ1n) is 6.81. The molecular formula is C16H10ClF3N2O2. The van der Waals surface area contributed by atoms with Gasteiger partial charge in [-0.3, -0.25) is 9.59 Å². The van der Waals surface area contributed by atoms with Crippen molar-refractivity contribution >= 4 is 22.5 Å². The summed E-state index contributed by atoms with van der Waals surface area (Å²) in [6.07, 6.45) is -3.19. The maximum atomic E-state index is 12.9. The summed E-state index contributed by atoms with van der Waals surface area (Å²) in [6, 6.07) is 4.76. The first-order chi connectivity index (χ1) is 11.2. The van der Waals surface area contributed by atoms with Crippen LogP contribution in [-0.4, -0.2) is 9.97 Å². The lowest BCUT2D eigenvalue weighted by atomic mass is 10.0. The molecule has 4 nitrogen and oxygen atoms in total. The van der Waals surface area contributed by atoms with Gasteiger partial charge in [0.05, 0.1) is 21.8 Å². The molecule has 3 rings (SSSR count). The van der Waals surface area contributed by atoms with E-state index in [0.29, 0.717) is 11.1 Å². The smallest absolute Gasteiger partial charge is 0.354 e. The Balaban J connectivity index is 2.27. The van der Waals surface area contributed by atoms with E-state index >= 15 is 0 Å². The van der Waals surface area contributed by atoms with Crippen LogP contribution >= 0.6 is 11.6 Å². The number of halogens is 4. The summed E-state index contributed by atoms with van der Waals surface area (Å²) >= 11 is 5.75. The van der Waals surface area contributed by atoms with Crippen molar-refractivity contribution in [2.75, 3.05) is 0 Å². The zero-order valence-corrected chi connectivity index (χ0v) is 13.0. The van der Waals surface area contributed by atoms with Crippen LogP contribution in [0.5, 0.6) is 0 Å². The van der Waals surface area contributed by atoms with Crippen molar-refractivity contribution in [1.82, 2.24) is 9.97 Å². The molecule has 2 heterocycles. The quantitative estimate of drug-likeness (QED) is 0.696. The molecule has 0 saturated carbocycles. The van der Waals surface area contributed by atoms with Gasteiger partial charge in [-0.05, 0) is 30.7 Å². The zero-order chi connectivity index (χ0) is 17.6. The number of benzene rings is 1. The van der Waals surface area contributed by atoms with Crippen LogP contribution in [0.4, 0.5) is 13.2 Å². The number of H-pyrrole nitrogens is 2. The number of hydrogen-bond acceptors (Lipinski definition) is 2. The van der Waals surface area contributed by atoms with Crippen LogP contribution in [-0.2, 0) is 6.18 Å². The highest BCUT2D eigenvalue weighted by Gasteiger charge is 2.33. The number of alkyl halides is 3. The minimum absolute atomic E-state index is 0.0445. The molecule has 0 radical (unpaired) electrons. The summed E-state index contributed by atoms with van der Waals surface area (Å²) in [5.74, 6) is 0. The van der Waals surface area contributed by atoms with E-state index in [1.165, 1.54) is 25.3 Å². The summed E-state index contributed by atoms with van der Waals surface area (Å²) in [7, 11) is 0. The minimum Gasteiger partial charge on any atom is -0.354 e. The Morgan fingerprint density at radius 1 is 1.12 bits per heavy atom. The average Bonchev–Trinajstić information content (AvgIpc) is 2.47. The van der Waals surface area contributed by atoms with Crippen molar-refractivity contribution < 1.29 is 13.2 Å². The molecule has 2 N–H and O–H groups in total. The fourth-order valence-corrected chi connectivity index (χ4v) is 2.82. The van der Waals surface area contributed by atoms with Crippen LogP contribution < -0.4 is 11.0 Å². The van der Waals surface area contributed by atoms with Crippen molar-refractivity contribution in [2.24, 2.45) is 0 Å². The van der Waals surface area contributed by atoms with Crippen LogP contribution in [0, 0.1) is 6.92 Å². The highest BCUT2D eigenvalue weighted by Crippen LogP contribution is 2.38. The summed E-state index contributed by atoms with van der Waals surface area (Å²) < 4.78 is 38.7. The molecular weight excluding hydrogens is 345 g/mol. The molecule has 0 fully saturated rings. The van der Waals surface area contributed by atoms with Crippen LogP contribution in [0.1, 0.15) is 11.1 Å². The number of fused-ring (bicyclic) bond motifs is 1. The maximum absolute atomic E-state index is 12.9. The number of hydrogen-bond donors (Lipinski definition) is 2. The first kappa shape index (κ1) is 16.3. The van der Waals surface area contributed by atoms with E-state index in [0.717, 1.165) is 12.1 Å². The predicted molar refractivity (Wildman–Crippen MR) is 85.4 cm³/mol. The van der Waals surface area contributed by atoms with Gasteiger partial charge in [0.15, 0.2) is 5.43 Å². The van der Waals surface area contributed by atoms with Gasteiger partial charge in [-0.1, -0.05) is 11.6 Å². The second-order valence-corrected chi connectivity index (χ2v) is 5.69. The van der Waals surface area contributed by atoms with Gasteiger partial charge in [0.25, 0.3) is 5.56 Å². The number of pyridine rings is 2. The van der Waals surface area contributed by atoms with E-state index in [1.54, 1.807) is 0 Å². The van der Waals surface area contributed by atoms with Gasteiger partial charge in [-0.25, -0.2) is 0 Å².